The Bertz CT molecular complexity index is 440. The topological polar surface area (TPSA) is 24.5 Å². The molecule has 0 spiro atoms. The van der Waals surface area contributed by atoms with E-state index in [0.29, 0.717) is 6.04 Å². The van der Waals surface area contributed by atoms with E-state index in [0.717, 1.165) is 25.3 Å². The van der Waals surface area contributed by atoms with Gasteiger partial charge in [0.15, 0.2) is 0 Å². The molecule has 1 unspecified atom stereocenters. The van der Waals surface area contributed by atoms with Crippen molar-refractivity contribution >= 4 is 0 Å². The minimum Gasteiger partial charge on any atom is -0.487 e. The van der Waals surface area contributed by atoms with Crippen LogP contribution in [0.25, 0.3) is 0 Å². The Kier molecular flexibility index (Phi) is 4.16. The molecule has 1 aliphatic rings. The number of benzene rings is 1. The number of nitrogens with one attached hydrogen (secondary N) is 1. The molecule has 0 bridgehead atoms. The summed E-state index contributed by atoms with van der Waals surface area (Å²) >= 11 is 0. The second-order valence-corrected chi connectivity index (χ2v) is 6.49. The average Bonchev–Trinajstić information content (AvgIpc) is 2.59. The van der Waals surface area contributed by atoms with Gasteiger partial charge in [0, 0.05) is 31.1 Å². The molecule has 0 aromatic heterocycles. The molecule has 106 valence electrons. The highest BCUT2D eigenvalue weighted by molar-refractivity contribution is 5.45. The predicted molar refractivity (Wildman–Crippen MR) is 79.7 cm³/mol. The van der Waals surface area contributed by atoms with Crippen molar-refractivity contribution in [2.75, 3.05) is 20.6 Å². The van der Waals surface area contributed by atoms with Gasteiger partial charge in [0.05, 0.1) is 0 Å². The first-order valence-corrected chi connectivity index (χ1v) is 7.05. The summed E-state index contributed by atoms with van der Waals surface area (Å²) in [7, 11) is 4.20. The fourth-order valence-corrected chi connectivity index (χ4v) is 2.72. The standard InChI is InChI=1S/C16H26N2O/c1-12(11-18(4)5)17-10-14-8-6-7-13-9-16(2,3)19-15(13)14/h6-8,12,17H,9-11H2,1-5H3. The molecular formula is C16H26N2O. The van der Waals surface area contributed by atoms with E-state index in [1.54, 1.807) is 0 Å². The fourth-order valence-electron chi connectivity index (χ4n) is 2.72. The summed E-state index contributed by atoms with van der Waals surface area (Å²) in [4.78, 5) is 2.20. The zero-order chi connectivity index (χ0) is 14.0. The second-order valence-electron chi connectivity index (χ2n) is 6.49. The van der Waals surface area contributed by atoms with Gasteiger partial charge in [-0.25, -0.2) is 0 Å². The lowest BCUT2D eigenvalue weighted by Crippen LogP contribution is -2.35. The third kappa shape index (κ3) is 3.71. The maximum Gasteiger partial charge on any atom is 0.127 e. The monoisotopic (exact) mass is 262 g/mol. The van der Waals surface area contributed by atoms with Crippen LogP contribution in [0.1, 0.15) is 31.9 Å². The Morgan fingerprint density at radius 3 is 2.79 bits per heavy atom. The first kappa shape index (κ1) is 14.4. The van der Waals surface area contributed by atoms with Crippen LogP contribution in [0.2, 0.25) is 0 Å². The molecule has 0 aliphatic carbocycles. The molecule has 0 amide bonds. The van der Waals surface area contributed by atoms with Crippen LogP contribution < -0.4 is 10.1 Å². The summed E-state index contributed by atoms with van der Waals surface area (Å²) < 4.78 is 6.09. The highest BCUT2D eigenvalue weighted by atomic mass is 16.5. The first-order valence-electron chi connectivity index (χ1n) is 7.05. The van der Waals surface area contributed by atoms with Crippen LogP contribution in [0.5, 0.6) is 5.75 Å². The van der Waals surface area contributed by atoms with E-state index in [2.05, 4.69) is 63.3 Å². The van der Waals surface area contributed by atoms with Crippen LogP contribution in [0.3, 0.4) is 0 Å². The molecular weight excluding hydrogens is 236 g/mol. The van der Waals surface area contributed by atoms with Gasteiger partial charge >= 0.3 is 0 Å². The van der Waals surface area contributed by atoms with Crippen molar-refractivity contribution < 1.29 is 4.74 Å². The summed E-state index contributed by atoms with van der Waals surface area (Å²) in [5.74, 6) is 1.09. The lowest BCUT2D eigenvalue weighted by molar-refractivity contribution is 0.137. The van der Waals surface area contributed by atoms with E-state index in [4.69, 9.17) is 4.74 Å². The highest BCUT2D eigenvalue weighted by Gasteiger charge is 2.31. The fraction of sp³-hybridized carbons (Fsp3) is 0.625. The summed E-state index contributed by atoms with van der Waals surface area (Å²) in [6.45, 7) is 8.43. The van der Waals surface area contributed by atoms with Crippen LogP contribution >= 0.6 is 0 Å². The molecule has 1 aromatic rings. The van der Waals surface area contributed by atoms with Gasteiger partial charge in [-0.15, -0.1) is 0 Å². The average molecular weight is 262 g/mol. The highest BCUT2D eigenvalue weighted by Crippen LogP contribution is 2.37. The van der Waals surface area contributed by atoms with E-state index in [1.165, 1.54) is 11.1 Å². The smallest absolute Gasteiger partial charge is 0.127 e. The van der Waals surface area contributed by atoms with E-state index in [-0.39, 0.29) is 5.60 Å². The van der Waals surface area contributed by atoms with Gasteiger partial charge in [-0.3, -0.25) is 0 Å². The Morgan fingerprint density at radius 2 is 2.11 bits per heavy atom. The molecule has 1 aliphatic heterocycles. The van der Waals surface area contributed by atoms with Crippen molar-refractivity contribution in [2.45, 2.75) is 45.4 Å². The van der Waals surface area contributed by atoms with Crippen molar-refractivity contribution in [2.24, 2.45) is 0 Å². The van der Waals surface area contributed by atoms with Crippen LogP contribution in [0.15, 0.2) is 18.2 Å². The Labute approximate surface area is 116 Å². The molecule has 0 saturated heterocycles. The number of nitrogens with zero attached hydrogens (tertiary/aromatic N) is 1. The van der Waals surface area contributed by atoms with Crippen molar-refractivity contribution in [1.29, 1.82) is 0 Å². The number of fused-ring (bicyclic) bond motifs is 1. The molecule has 1 aromatic carbocycles. The van der Waals surface area contributed by atoms with E-state index in [9.17, 15) is 0 Å². The van der Waals surface area contributed by atoms with E-state index in [1.807, 2.05) is 0 Å². The van der Waals surface area contributed by atoms with E-state index < -0.39 is 0 Å². The molecule has 0 fully saturated rings. The van der Waals surface area contributed by atoms with Gasteiger partial charge in [-0.2, -0.15) is 0 Å². The number of rotatable bonds is 5. The Hall–Kier alpha value is -1.06. The van der Waals surface area contributed by atoms with Gasteiger partial charge in [0.2, 0.25) is 0 Å². The van der Waals surface area contributed by atoms with Gasteiger partial charge in [-0.05, 0) is 40.4 Å². The molecule has 1 heterocycles. The number of likely N-dealkylation sites (N-methyl/N-ethyl adjacent to an activating group) is 1. The third-order valence-corrected chi connectivity index (χ3v) is 3.45. The van der Waals surface area contributed by atoms with Crippen molar-refractivity contribution in [3.8, 4) is 5.75 Å². The quantitative estimate of drug-likeness (QED) is 0.882. The number of para-hydroxylation sites is 1. The third-order valence-electron chi connectivity index (χ3n) is 3.45. The number of hydrogen-bond acceptors (Lipinski definition) is 3. The van der Waals surface area contributed by atoms with Crippen LogP contribution in [0.4, 0.5) is 0 Å². The minimum absolute atomic E-state index is 0.0618. The maximum absolute atomic E-state index is 6.09. The normalized spacial score (nSPS) is 18.2. The molecule has 1 atom stereocenters. The molecule has 3 nitrogen and oxygen atoms in total. The predicted octanol–water partition coefficient (Wildman–Crippen LogP) is 2.44. The van der Waals surface area contributed by atoms with Crippen molar-refractivity contribution in [3.63, 3.8) is 0 Å². The summed E-state index contributed by atoms with van der Waals surface area (Å²) in [6.07, 6.45) is 1.00. The molecule has 2 rings (SSSR count). The maximum atomic E-state index is 6.09. The van der Waals surface area contributed by atoms with Crippen molar-refractivity contribution in [1.82, 2.24) is 10.2 Å². The summed E-state index contributed by atoms with van der Waals surface area (Å²) in [6, 6.07) is 6.95. The zero-order valence-electron chi connectivity index (χ0n) is 12.8. The van der Waals surface area contributed by atoms with Crippen LogP contribution in [-0.4, -0.2) is 37.2 Å². The van der Waals surface area contributed by atoms with Gasteiger partial charge in [0.1, 0.15) is 11.4 Å². The lowest BCUT2D eigenvalue weighted by Gasteiger charge is -2.20. The molecule has 19 heavy (non-hydrogen) atoms. The lowest BCUT2D eigenvalue weighted by atomic mass is 10.0. The zero-order valence-corrected chi connectivity index (χ0v) is 12.8. The molecule has 0 radical (unpaired) electrons. The Morgan fingerprint density at radius 1 is 1.37 bits per heavy atom. The molecule has 3 heteroatoms. The van der Waals surface area contributed by atoms with Gasteiger partial charge in [-0.1, -0.05) is 18.2 Å². The minimum atomic E-state index is -0.0618. The van der Waals surface area contributed by atoms with E-state index >= 15 is 0 Å². The summed E-state index contributed by atoms with van der Waals surface area (Å²) in [5, 5.41) is 3.57. The van der Waals surface area contributed by atoms with Gasteiger partial charge < -0.3 is 15.0 Å². The van der Waals surface area contributed by atoms with Gasteiger partial charge in [0.25, 0.3) is 0 Å². The van der Waals surface area contributed by atoms with Crippen LogP contribution in [-0.2, 0) is 13.0 Å². The number of ether oxygens (including phenoxy) is 1. The van der Waals surface area contributed by atoms with Crippen LogP contribution in [0, 0.1) is 0 Å². The SMILES string of the molecule is CC(CN(C)C)NCc1cccc2c1OC(C)(C)C2. The first-order chi connectivity index (χ1) is 8.87. The Balaban J connectivity index is 2.01. The number of hydrogen-bond donors (Lipinski definition) is 1. The second kappa shape index (κ2) is 5.51. The summed E-state index contributed by atoms with van der Waals surface area (Å²) in [5.41, 5.74) is 2.55. The van der Waals surface area contributed by atoms with Crippen molar-refractivity contribution in [3.05, 3.63) is 29.3 Å². The molecule has 0 saturated carbocycles. The largest absolute Gasteiger partial charge is 0.487 e. The molecule has 1 N–H and O–H groups in total.